The van der Waals surface area contributed by atoms with E-state index in [4.69, 9.17) is 0 Å². The van der Waals surface area contributed by atoms with E-state index in [1.807, 2.05) is 0 Å². The Balaban J connectivity index is 3.04. The van der Waals surface area contributed by atoms with Gasteiger partial charge in [-0.3, -0.25) is 0 Å². The summed E-state index contributed by atoms with van der Waals surface area (Å²) >= 11 is 0. The molecule has 0 bridgehead atoms. The highest BCUT2D eigenvalue weighted by Crippen LogP contribution is 2.09. The number of allylic oxidation sites excluding steroid dienone is 2. The minimum absolute atomic E-state index is 0.878. The molecule has 0 saturated heterocycles. The number of unbranched alkanes of at least 4 members (excludes halogenated alkanes) is 6. The monoisotopic (exact) mass is 210 g/mol. The Morgan fingerprint density at radius 1 is 0.800 bits per heavy atom. The molecule has 0 N–H and O–H groups in total. The molecule has 0 aromatic rings. The van der Waals surface area contributed by atoms with E-state index in [1.165, 1.54) is 57.8 Å². The number of hydrogen-bond donors (Lipinski definition) is 0. The quantitative estimate of drug-likeness (QED) is 0.319. The number of hydrogen-bond acceptors (Lipinski definition) is 0. The maximum absolute atomic E-state index is 2.38. The summed E-state index contributed by atoms with van der Waals surface area (Å²) in [4.78, 5) is 0. The van der Waals surface area contributed by atoms with Gasteiger partial charge in [-0.15, -0.1) is 0 Å². The van der Waals surface area contributed by atoms with Gasteiger partial charge >= 0.3 is 0 Å². The van der Waals surface area contributed by atoms with Gasteiger partial charge in [0.15, 0.2) is 0 Å². The molecule has 0 atom stereocenters. The van der Waals surface area contributed by atoms with Crippen LogP contribution in [0, 0.1) is 5.92 Å². The zero-order valence-electron chi connectivity index (χ0n) is 11.1. The van der Waals surface area contributed by atoms with Gasteiger partial charge in [-0.1, -0.05) is 65.0 Å². The predicted molar refractivity (Wildman–Crippen MR) is 71.2 cm³/mol. The van der Waals surface area contributed by atoms with Crippen molar-refractivity contribution in [3.05, 3.63) is 12.2 Å². The lowest BCUT2D eigenvalue weighted by molar-refractivity contribution is 0.540. The molecule has 0 aromatic heterocycles. The largest absolute Gasteiger partial charge is 0.0885 e. The first-order chi connectivity index (χ1) is 7.27. The van der Waals surface area contributed by atoms with E-state index in [9.17, 15) is 0 Å². The highest BCUT2D eigenvalue weighted by Gasteiger charge is 1.92. The van der Waals surface area contributed by atoms with Gasteiger partial charge in [-0.25, -0.2) is 0 Å². The third kappa shape index (κ3) is 13.7. The molecule has 0 aliphatic rings. The zero-order chi connectivity index (χ0) is 11.4. The van der Waals surface area contributed by atoms with Crippen LogP contribution in [-0.2, 0) is 0 Å². The molecule has 90 valence electrons. The Morgan fingerprint density at radius 2 is 1.40 bits per heavy atom. The van der Waals surface area contributed by atoms with Crippen molar-refractivity contribution in [2.45, 2.75) is 78.6 Å². The lowest BCUT2D eigenvalue weighted by Gasteiger charge is -2.01. The van der Waals surface area contributed by atoms with E-state index < -0.39 is 0 Å². The maximum atomic E-state index is 2.38. The Labute approximate surface area is 97.2 Å². The molecule has 0 unspecified atom stereocenters. The van der Waals surface area contributed by atoms with Gasteiger partial charge in [0.05, 0.1) is 0 Å². The lowest BCUT2D eigenvalue weighted by Crippen LogP contribution is -1.85. The summed E-state index contributed by atoms with van der Waals surface area (Å²) in [6.07, 6.45) is 17.1. The smallest absolute Gasteiger partial charge is 0.0351 e. The zero-order valence-corrected chi connectivity index (χ0v) is 11.1. The van der Waals surface area contributed by atoms with E-state index in [1.54, 1.807) is 0 Å². The molecule has 0 spiro atoms. The average molecular weight is 210 g/mol. The topological polar surface area (TPSA) is 0 Å². The van der Waals surface area contributed by atoms with Crippen LogP contribution in [0.4, 0.5) is 0 Å². The van der Waals surface area contributed by atoms with Gasteiger partial charge in [-0.2, -0.15) is 0 Å². The third-order valence-electron chi connectivity index (χ3n) is 2.79. The fourth-order valence-electron chi connectivity index (χ4n) is 1.74. The molecular formula is C15H30. The fourth-order valence-corrected chi connectivity index (χ4v) is 1.74. The first kappa shape index (κ1) is 14.7. The van der Waals surface area contributed by atoms with E-state index in [-0.39, 0.29) is 0 Å². The molecule has 0 radical (unpaired) electrons. The fraction of sp³-hybridized carbons (Fsp3) is 0.867. The first-order valence-electron chi connectivity index (χ1n) is 6.92. The Hall–Kier alpha value is -0.260. The van der Waals surface area contributed by atoms with E-state index in [0.29, 0.717) is 0 Å². The second-order valence-electron chi connectivity index (χ2n) is 5.00. The van der Waals surface area contributed by atoms with Crippen molar-refractivity contribution in [2.24, 2.45) is 5.92 Å². The van der Waals surface area contributed by atoms with E-state index >= 15 is 0 Å². The lowest BCUT2D eigenvalue weighted by atomic mass is 10.1. The van der Waals surface area contributed by atoms with Gasteiger partial charge in [-0.05, 0) is 31.6 Å². The van der Waals surface area contributed by atoms with Gasteiger partial charge in [0.1, 0.15) is 0 Å². The van der Waals surface area contributed by atoms with Crippen LogP contribution in [0.1, 0.15) is 78.6 Å². The van der Waals surface area contributed by atoms with Crippen LogP contribution >= 0.6 is 0 Å². The van der Waals surface area contributed by atoms with Gasteiger partial charge in [0.25, 0.3) is 0 Å². The van der Waals surface area contributed by atoms with Crippen molar-refractivity contribution in [3.8, 4) is 0 Å². The molecule has 0 amide bonds. The highest BCUT2D eigenvalue weighted by atomic mass is 14.0. The van der Waals surface area contributed by atoms with Crippen molar-refractivity contribution in [3.63, 3.8) is 0 Å². The Morgan fingerprint density at radius 3 is 1.93 bits per heavy atom. The van der Waals surface area contributed by atoms with Gasteiger partial charge in [0.2, 0.25) is 0 Å². The van der Waals surface area contributed by atoms with Gasteiger partial charge in [0, 0.05) is 0 Å². The van der Waals surface area contributed by atoms with Crippen LogP contribution < -0.4 is 0 Å². The second kappa shape index (κ2) is 11.8. The molecule has 0 heteroatoms. The van der Waals surface area contributed by atoms with E-state index in [2.05, 4.69) is 32.9 Å². The van der Waals surface area contributed by atoms with Crippen LogP contribution in [0.15, 0.2) is 12.2 Å². The molecular weight excluding hydrogens is 180 g/mol. The molecule has 0 rings (SSSR count). The average Bonchev–Trinajstić information content (AvgIpc) is 2.20. The third-order valence-corrected chi connectivity index (χ3v) is 2.79. The van der Waals surface area contributed by atoms with Crippen molar-refractivity contribution in [1.29, 1.82) is 0 Å². The van der Waals surface area contributed by atoms with Crippen LogP contribution in [0.25, 0.3) is 0 Å². The van der Waals surface area contributed by atoms with Crippen molar-refractivity contribution in [1.82, 2.24) is 0 Å². The van der Waals surface area contributed by atoms with Crippen LogP contribution in [0.3, 0.4) is 0 Å². The van der Waals surface area contributed by atoms with Crippen LogP contribution in [-0.4, -0.2) is 0 Å². The first-order valence-corrected chi connectivity index (χ1v) is 6.92. The molecule has 0 aliphatic carbocycles. The maximum Gasteiger partial charge on any atom is -0.0351 e. The summed E-state index contributed by atoms with van der Waals surface area (Å²) in [5, 5.41) is 0. The Kier molecular flexibility index (Phi) is 11.6. The molecule has 0 saturated carbocycles. The number of rotatable bonds is 10. The second-order valence-corrected chi connectivity index (χ2v) is 5.00. The minimum Gasteiger partial charge on any atom is -0.0885 e. The van der Waals surface area contributed by atoms with Crippen molar-refractivity contribution >= 4 is 0 Å². The summed E-state index contributed by atoms with van der Waals surface area (Å²) in [6.45, 7) is 6.89. The summed E-state index contributed by atoms with van der Waals surface area (Å²) in [6, 6.07) is 0. The summed E-state index contributed by atoms with van der Waals surface area (Å²) < 4.78 is 0. The molecule has 0 heterocycles. The summed E-state index contributed by atoms with van der Waals surface area (Å²) in [5.41, 5.74) is 0. The van der Waals surface area contributed by atoms with E-state index in [0.717, 1.165) is 5.92 Å². The summed E-state index contributed by atoms with van der Waals surface area (Å²) in [7, 11) is 0. The van der Waals surface area contributed by atoms with Gasteiger partial charge < -0.3 is 0 Å². The molecule has 15 heavy (non-hydrogen) atoms. The molecule has 0 nitrogen and oxygen atoms in total. The normalized spacial score (nSPS) is 11.7. The van der Waals surface area contributed by atoms with Crippen LogP contribution in [0.5, 0.6) is 0 Å². The van der Waals surface area contributed by atoms with Crippen LogP contribution in [0.2, 0.25) is 0 Å². The minimum atomic E-state index is 0.878. The molecule has 0 aromatic carbocycles. The van der Waals surface area contributed by atoms with Crippen molar-refractivity contribution in [2.75, 3.05) is 0 Å². The summed E-state index contributed by atoms with van der Waals surface area (Å²) in [5.74, 6) is 0.878. The SMILES string of the molecule is CCCCCC/C=C\CCCCC(C)C. The van der Waals surface area contributed by atoms with Crippen molar-refractivity contribution < 1.29 is 0 Å². The standard InChI is InChI=1S/C15H30/c1-4-5-6-7-8-9-10-11-12-13-14-15(2)3/h9-10,15H,4-8,11-14H2,1-3H3/b10-9-. The highest BCUT2D eigenvalue weighted by molar-refractivity contribution is 4.81. The predicted octanol–water partition coefficient (Wildman–Crippen LogP) is 5.73. The molecule has 0 aliphatic heterocycles. The molecule has 0 fully saturated rings. The Bertz CT molecular complexity index is 133.